The van der Waals surface area contributed by atoms with E-state index in [1.807, 2.05) is 19.1 Å². The number of aryl methyl sites for hydroxylation is 1. The maximum Gasteiger partial charge on any atom is 0.416 e. The Kier molecular flexibility index (Phi) is 6.12. The first-order valence-electron chi connectivity index (χ1n) is 9.28. The van der Waals surface area contributed by atoms with Crippen molar-refractivity contribution < 1.29 is 27.9 Å². The van der Waals surface area contributed by atoms with Crippen molar-refractivity contribution in [2.45, 2.75) is 38.9 Å². The smallest absolute Gasteiger partial charge is 0.416 e. The summed E-state index contributed by atoms with van der Waals surface area (Å²) in [4.78, 5) is 28.6. The molecule has 0 aliphatic carbocycles. The van der Waals surface area contributed by atoms with Crippen molar-refractivity contribution in [2.75, 3.05) is 0 Å². The second kappa shape index (κ2) is 8.43. The van der Waals surface area contributed by atoms with Crippen molar-refractivity contribution in [1.29, 1.82) is 0 Å². The SMILES string of the molecule is CCc1ccc2c(c1)sc(=NC(=O)c1cccc(C(F)(F)F)c1)n2C(CC)C(=O)O. The van der Waals surface area contributed by atoms with Crippen LogP contribution in [0.5, 0.6) is 0 Å². The summed E-state index contributed by atoms with van der Waals surface area (Å²) in [6, 6.07) is 8.61. The molecular formula is C21H19F3N2O3S. The number of rotatable bonds is 5. The van der Waals surface area contributed by atoms with E-state index in [0.29, 0.717) is 5.52 Å². The molecule has 1 aromatic heterocycles. The lowest BCUT2D eigenvalue weighted by molar-refractivity contribution is -0.141. The minimum absolute atomic E-state index is 0.134. The highest BCUT2D eigenvalue weighted by molar-refractivity contribution is 7.16. The van der Waals surface area contributed by atoms with Crippen LogP contribution in [0.1, 0.15) is 47.8 Å². The summed E-state index contributed by atoms with van der Waals surface area (Å²) in [5, 5.41) is 9.64. The zero-order valence-corrected chi connectivity index (χ0v) is 17.0. The van der Waals surface area contributed by atoms with E-state index in [-0.39, 0.29) is 16.8 Å². The maximum absolute atomic E-state index is 13.0. The summed E-state index contributed by atoms with van der Waals surface area (Å²) >= 11 is 1.14. The van der Waals surface area contributed by atoms with E-state index in [0.717, 1.165) is 46.2 Å². The van der Waals surface area contributed by atoms with Gasteiger partial charge in [-0.15, -0.1) is 0 Å². The lowest BCUT2D eigenvalue weighted by atomic mass is 10.1. The van der Waals surface area contributed by atoms with Crippen LogP contribution in [-0.2, 0) is 17.4 Å². The van der Waals surface area contributed by atoms with Gasteiger partial charge in [-0.25, -0.2) is 4.79 Å². The van der Waals surface area contributed by atoms with Gasteiger partial charge in [0.1, 0.15) is 6.04 Å². The van der Waals surface area contributed by atoms with E-state index < -0.39 is 29.7 Å². The quantitative estimate of drug-likeness (QED) is 0.608. The van der Waals surface area contributed by atoms with E-state index in [1.165, 1.54) is 10.6 Å². The highest BCUT2D eigenvalue weighted by atomic mass is 32.1. The molecule has 1 unspecified atom stereocenters. The number of benzene rings is 2. The average molecular weight is 436 g/mol. The lowest BCUT2D eigenvalue weighted by Gasteiger charge is -2.13. The number of alkyl halides is 3. The molecule has 9 heteroatoms. The molecule has 0 aliphatic heterocycles. The van der Waals surface area contributed by atoms with Gasteiger partial charge in [0.15, 0.2) is 4.80 Å². The van der Waals surface area contributed by atoms with Crippen LogP contribution in [0.25, 0.3) is 10.2 Å². The first-order chi connectivity index (χ1) is 14.2. The van der Waals surface area contributed by atoms with Gasteiger partial charge in [0.05, 0.1) is 15.8 Å². The molecule has 0 aliphatic rings. The first kappa shape index (κ1) is 21.8. The minimum atomic E-state index is -4.58. The zero-order valence-electron chi connectivity index (χ0n) is 16.2. The number of fused-ring (bicyclic) bond motifs is 1. The molecule has 0 fully saturated rings. The van der Waals surface area contributed by atoms with Crippen LogP contribution < -0.4 is 4.80 Å². The van der Waals surface area contributed by atoms with Crippen LogP contribution in [0.15, 0.2) is 47.5 Å². The molecule has 5 nitrogen and oxygen atoms in total. The van der Waals surface area contributed by atoms with Crippen molar-refractivity contribution in [1.82, 2.24) is 4.57 Å². The van der Waals surface area contributed by atoms with Crippen LogP contribution in [0.3, 0.4) is 0 Å². The van der Waals surface area contributed by atoms with Gasteiger partial charge in [-0.05, 0) is 48.7 Å². The third-order valence-corrected chi connectivity index (χ3v) is 5.73. The number of hydrogen-bond acceptors (Lipinski definition) is 3. The Labute approximate surface area is 174 Å². The fourth-order valence-corrected chi connectivity index (χ4v) is 4.27. The molecule has 2 aromatic carbocycles. The molecule has 1 N–H and O–H groups in total. The molecule has 30 heavy (non-hydrogen) atoms. The predicted molar refractivity (Wildman–Crippen MR) is 107 cm³/mol. The molecule has 0 saturated heterocycles. The summed E-state index contributed by atoms with van der Waals surface area (Å²) in [6.45, 7) is 3.69. The van der Waals surface area contributed by atoms with Crippen LogP contribution in [0, 0.1) is 0 Å². The van der Waals surface area contributed by atoms with Crippen LogP contribution in [-0.4, -0.2) is 21.6 Å². The number of nitrogens with zero attached hydrogens (tertiary/aromatic N) is 2. The summed E-state index contributed by atoms with van der Waals surface area (Å²) in [6.07, 6.45) is -3.55. The number of aromatic nitrogens is 1. The van der Waals surface area contributed by atoms with E-state index in [1.54, 1.807) is 13.0 Å². The Morgan fingerprint density at radius 3 is 2.50 bits per heavy atom. The number of carbonyl (C=O) groups excluding carboxylic acids is 1. The second-order valence-electron chi connectivity index (χ2n) is 6.67. The van der Waals surface area contributed by atoms with Gasteiger partial charge in [-0.1, -0.05) is 37.3 Å². The molecule has 1 heterocycles. The standard InChI is InChI=1S/C21H19F3N2O3S/c1-3-12-8-9-16-17(10-12)30-20(26(16)15(4-2)19(28)29)25-18(27)13-6-5-7-14(11-13)21(22,23)24/h5-11,15H,3-4H2,1-2H3,(H,28,29). The molecule has 158 valence electrons. The third-order valence-electron chi connectivity index (χ3n) is 4.72. The van der Waals surface area contributed by atoms with E-state index >= 15 is 0 Å². The van der Waals surface area contributed by atoms with E-state index in [4.69, 9.17) is 0 Å². The van der Waals surface area contributed by atoms with Crippen molar-refractivity contribution in [3.8, 4) is 0 Å². The first-order valence-corrected chi connectivity index (χ1v) is 10.1. The van der Waals surface area contributed by atoms with Gasteiger partial charge >= 0.3 is 12.1 Å². The van der Waals surface area contributed by atoms with Gasteiger partial charge in [0, 0.05) is 5.56 Å². The normalized spacial score (nSPS) is 13.6. The molecule has 1 amide bonds. The van der Waals surface area contributed by atoms with Crippen molar-refractivity contribution in [3.63, 3.8) is 0 Å². The molecule has 0 spiro atoms. The van der Waals surface area contributed by atoms with E-state index in [9.17, 15) is 27.9 Å². The van der Waals surface area contributed by atoms with Crippen molar-refractivity contribution in [3.05, 3.63) is 64.0 Å². The van der Waals surface area contributed by atoms with Crippen LogP contribution in [0.2, 0.25) is 0 Å². The Bertz CT molecular complexity index is 1180. The fraction of sp³-hybridized carbons (Fsp3) is 0.286. The highest BCUT2D eigenvalue weighted by Crippen LogP contribution is 2.30. The van der Waals surface area contributed by atoms with Crippen molar-refractivity contribution in [2.24, 2.45) is 4.99 Å². The minimum Gasteiger partial charge on any atom is -0.480 e. The average Bonchev–Trinajstić information content (AvgIpc) is 3.04. The number of carbonyl (C=O) groups is 2. The van der Waals surface area contributed by atoms with Crippen LogP contribution >= 0.6 is 11.3 Å². The topological polar surface area (TPSA) is 71.7 Å². The Hall–Kier alpha value is -2.94. The molecular weight excluding hydrogens is 417 g/mol. The number of hydrogen-bond donors (Lipinski definition) is 1. The Balaban J connectivity index is 2.20. The number of halogens is 3. The largest absolute Gasteiger partial charge is 0.480 e. The van der Waals surface area contributed by atoms with Gasteiger partial charge in [0.2, 0.25) is 0 Å². The second-order valence-corrected chi connectivity index (χ2v) is 7.68. The molecule has 1 atom stereocenters. The lowest BCUT2D eigenvalue weighted by Crippen LogP contribution is -2.27. The predicted octanol–water partition coefficient (Wildman–Crippen LogP) is 5.06. The summed E-state index contributed by atoms with van der Waals surface area (Å²) < 4.78 is 41.1. The van der Waals surface area contributed by atoms with Crippen molar-refractivity contribution >= 4 is 33.4 Å². The zero-order chi connectivity index (χ0) is 22.1. The van der Waals surface area contributed by atoms with E-state index in [2.05, 4.69) is 4.99 Å². The molecule has 0 radical (unpaired) electrons. The number of aliphatic carboxylic acids is 1. The van der Waals surface area contributed by atoms with Gasteiger partial charge in [0.25, 0.3) is 5.91 Å². The van der Waals surface area contributed by atoms with Gasteiger partial charge in [-0.2, -0.15) is 18.2 Å². The number of amides is 1. The highest BCUT2D eigenvalue weighted by Gasteiger charge is 2.31. The number of carboxylic acid groups (broad SMARTS) is 1. The number of thiazole rings is 1. The Morgan fingerprint density at radius 1 is 1.17 bits per heavy atom. The molecule has 0 bridgehead atoms. The summed E-state index contributed by atoms with van der Waals surface area (Å²) in [5.74, 6) is -1.94. The van der Waals surface area contributed by atoms with Gasteiger partial charge in [-0.3, -0.25) is 4.79 Å². The number of carboxylic acids is 1. The Morgan fingerprint density at radius 2 is 1.90 bits per heavy atom. The molecule has 3 rings (SSSR count). The summed E-state index contributed by atoms with van der Waals surface area (Å²) in [5.41, 5.74) is 0.487. The monoisotopic (exact) mass is 436 g/mol. The maximum atomic E-state index is 13.0. The molecule has 0 saturated carbocycles. The fourth-order valence-electron chi connectivity index (χ4n) is 3.14. The van der Waals surface area contributed by atoms with Gasteiger partial charge < -0.3 is 9.67 Å². The third kappa shape index (κ3) is 4.30. The molecule has 3 aromatic rings. The summed E-state index contributed by atoms with van der Waals surface area (Å²) in [7, 11) is 0. The van der Waals surface area contributed by atoms with Crippen LogP contribution in [0.4, 0.5) is 13.2 Å².